The predicted octanol–water partition coefficient (Wildman–Crippen LogP) is 2.29. The van der Waals surface area contributed by atoms with E-state index in [-0.39, 0.29) is 5.69 Å². The molecule has 0 fully saturated rings. The van der Waals surface area contributed by atoms with Gasteiger partial charge < -0.3 is 9.67 Å². The number of rotatable bonds is 4. The van der Waals surface area contributed by atoms with Crippen LogP contribution in [0.15, 0.2) is 22.9 Å². The fourth-order valence-electron chi connectivity index (χ4n) is 1.98. The Hall–Kier alpha value is -1.56. The summed E-state index contributed by atoms with van der Waals surface area (Å²) in [5.74, 6) is -0.928. The molecule has 2 aromatic heterocycles. The molecule has 0 aliphatic rings. The number of nitrogens with zero attached hydrogens (tertiary/aromatic N) is 3. The molecule has 6 heteroatoms. The maximum atomic E-state index is 11.1. The molecule has 96 valence electrons. The van der Waals surface area contributed by atoms with Crippen molar-refractivity contribution < 1.29 is 9.90 Å². The van der Waals surface area contributed by atoms with Gasteiger partial charge in [-0.05, 0) is 28.4 Å². The van der Waals surface area contributed by atoms with Gasteiger partial charge in [0, 0.05) is 29.5 Å². The monoisotopic (exact) mass is 311 g/mol. The van der Waals surface area contributed by atoms with Crippen molar-refractivity contribution in [2.75, 3.05) is 0 Å². The maximum absolute atomic E-state index is 11.1. The smallest absolute Gasteiger partial charge is 0.352 e. The second kappa shape index (κ2) is 4.97. The lowest BCUT2D eigenvalue weighted by atomic mass is 10.2. The number of aryl methyl sites for hydroxylation is 2. The zero-order chi connectivity index (χ0) is 13.3. The van der Waals surface area contributed by atoms with Crippen LogP contribution in [0.2, 0.25) is 0 Å². The van der Waals surface area contributed by atoms with E-state index in [1.54, 1.807) is 21.5 Å². The highest BCUT2D eigenvalue weighted by Crippen LogP contribution is 2.18. The van der Waals surface area contributed by atoms with Gasteiger partial charge in [-0.15, -0.1) is 0 Å². The Morgan fingerprint density at radius 2 is 2.22 bits per heavy atom. The fraction of sp³-hybridized carbons (Fsp3) is 0.333. The zero-order valence-corrected chi connectivity index (χ0v) is 11.8. The highest BCUT2D eigenvalue weighted by molar-refractivity contribution is 9.10. The highest BCUT2D eigenvalue weighted by atomic mass is 79.9. The number of hydrogen-bond acceptors (Lipinski definition) is 2. The average molecular weight is 312 g/mol. The number of carboxylic acid groups (broad SMARTS) is 1. The number of carbonyl (C=O) groups is 1. The molecule has 0 radical (unpaired) electrons. The van der Waals surface area contributed by atoms with Crippen molar-refractivity contribution in [1.82, 2.24) is 14.3 Å². The van der Waals surface area contributed by atoms with Gasteiger partial charge in [0.2, 0.25) is 0 Å². The van der Waals surface area contributed by atoms with Crippen molar-refractivity contribution in [2.45, 2.75) is 19.9 Å². The third-order valence-corrected chi connectivity index (χ3v) is 3.18. The first kappa shape index (κ1) is 12.9. The van der Waals surface area contributed by atoms with Crippen LogP contribution in [0.25, 0.3) is 0 Å². The minimum Gasteiger partial charge on any atom is -0.477 e. The molecule has 0 spiro atoms. The third-order valence-electron chi connectivity index (χ3n) is 2.75. The van der Waals surface area contributed by atoms with Crippen LogP contribution in [0.4, 0.5) is 0 Å². The summed E-state index contributed by atoms with van der Waals surface area (Å²) in [5, 5.41) is 13.5. The lowest BCUT2D eigenvalue weighted by molar-refractivity contribution is 0.0685. The van der Waals surface area contributed by atoms with Gasteiger partial charge in [-0.3, -0.25) is 4.68 Å². The normalized spacial score (nSPS) is 10.8. The van der Waals surface area contributed by atoms with Crippen molar-refractivity contribution in [3.05, 3.63) is 39.9 Å². The van der Waals surface area contributed by atoms with Crippen LogP contribution >= 0.6 is 15.9 Å². The molecule has 0 atom stereocenters. The lowest BCUT2D eigenvalue weighted by Gasteiger charge is -2.05. The lowest BCUT2D eigenvalue weighted by Crippen LogP contribution is -2.09. The van der Waals surface area contributed by atoms with Crippen LogP contribution < -0.4 is 0 Å². The van der Waals surface area contributed by atoms with Crippen LogP contribution in [0, 0.1) is 0 Å². The number of halogens is 1. The van der Waals surface area contributed by atoms with Crippen molar-refractivity contribution in [1.29, 1.82) is 0 Å². The van der Waals surface area contributed by atoms with E-state index in [9.17, 15) is 4.79 Å². The number of aromatic nitrogens is 3. The van der Waals surface area contributed by atoms with E-state index in [0.29, 0.717) is 6.54 Å². The summed E-state index contributed by atoms with van der Waals surface area (Å²) in [5.41, 5.74) is 2.32. The molecule has 18 heavy (non-hydrogen) atoms. The summed E-state index contributed by atoms with van der Waals surface area (Å²) in [6.45, 7) is 2.56. The minimum absolute atomic E-state index is 0.271. The second-order valence-electron chi connectivity index (χ2n) is 4.10. The van der Waals surface area contributed by atoms with Crippen LogP contribution in [0.1, 0.15) is 28.7 Å². The molecule has 0 saturated heterocycles. The van der Waals surface area contributed by atoms with E-state index >= 15 is 0 Å². The summed E-state index contributed by atoms with van der Waals surface area (Å²) in [4.78, 5) is 11.1. The van der Waals surface area contributed by atoms with Gasteiger partial charge >= 0.3 is 5.97 Å². The highest BCUT2D eigenvalue weighted by Gasteiger charge is 2.14. The summed E-state index contributed by atoms with van der Waals surface area (Å²) in [6.07, 6.45) is 4.54. The van der Waals surface area contributed by atoms with Gasteiger partial charge in [-0.1, -0.05) is 6.92 Å². The standard InChI is InChI=1S/C12H14BrN3O2/c1-3-10-8(5-15(2)14-10)6-16-7-9(13)4-11(16)12(17)18/h4-5,7H,3,6H2,1-2H3,(H,17,18). The van der Waals surface area contributed by atoms with E-state index in [0.717, 1.165) is 22.2 Å². The van der Waals surface area contributed by atoms with Gasteiger partial charge in [0.15, 0.2) is 0 Å². The molecule has 0 unspecified atom stereocenters. The minimum atomic E-state index is -0.928. The Labute approximate surface area is 113 Å². The molecule has 0 amide bonds. The summed E-state index contributed by atoms with van der Waals surface area (Å²) in [7, 11) is 1.87. The first-order chi connectivity index (χ1) is 8.51. The van der Waals surface area contributed by atoms with Crippen LogP contribution in [0.3, 0.4) is 0 Å². The largest absolute Gasteiger partial charge is 0.477 e. The molecule has 2 heterocycles. The average Bonchev–Trinajstić information content (AvgIpc) is 2.82. The van der Waals surface area contributed by atoms with Gasteiger partial charge in [-0.25, -0.2) is 4.79 Å². The van der Waals surface area contributed by atoms with E-state index in [4.69, 9.17) is 5.11 Å². The Balaban J connectivity index is 2.36. The molecule has 0 saturated carbocycles. The van der Waals surface area contributed by atoms with E-state index < -0.39 is 5.97 Å². The molecule has 0 aliphatic heterocycles. The van der Waals surface area contributed by atoms with Crippen molar-refractivity contribution >= 4 is 21.9 Å². The van der Waals surface area contributed by atoms with E-state index in [2.05, 4.69) is 21.0 Å². The topological polar surface area (TPSA) is 60.0 Å². The molecule has 5 nitrogen and oxygen atoms in total. The summed E-state index contributed by atoms with van der Waals surface area (Å²) < 4.78 is 4.23. The van der Waals surface area contributed by atoms with E-state index in [1.165, 1.54) is 0 Å². The molecular weight excluding hydrogens is 298 g/mol. The van der Waals surface area contributed by atoms with Gasteiger partial charge in [0.25, 0.3) is 0 Å². The molecule has 0 aromatic carbocycles. The van der Waals surface area contributed by atoms with Crippen molar-refractivity contribution in [3.8, 4) is 0 Å². The fourth-order valence-corrected chi connectivity index (χ4v) is 2.45. The second-order valence-corrected chi connectivity index (χ2v) is 5.02. The maximum Gasteiger partial charge on any atom is 0.352 e. The molecular formula is C12H14BrN3O2. The van der Waals surface area contributed by atoms with Crippen LogP contribution in [-0.4, -0.2) is 25.4 Å². The van der Waals surface area contributed by atoms with Gasteiger partial charge in [-0.2, -0.15) is 5.10 Å². The molecule has 0 aliphatic carbocycles. The molecule has 0 bridgehead atoms. The third kappa shape index (κ3) is 2.48. The first-order valence-corrected chi connectivity index (χ1v) is 6.41. The van der Waals surface area contributed by atoms with E-state index in [1.807, 2.05) is 20.2 Å². The summed E-state index contributed by atoms with van der Waals surface area (Å²) >= 11 is 3.30. The quantitative estimate of drug-likeness (QED) is 0.942. The number of carboxylic acids is 1. The first-order valence-electron chi connectivity index (χ1n) is 5.61. The van der Waals surface area contributed by atoms with Gasteiger partial charge in [0.05, 0.1) is 12.2 Å². The van der Waals surface area contributed by atoms with Crippen LogP contribution in [0.5, 0.6) is 0 Å². The number of aromatic carboxylic acids is 1. The predicted molar refractivity (Wildman–Crippen MR) is 70.8 cm³/mol. The summed E-state index contributed by atoms with van der Waals surface area (Å²) in [6, 6.07) is 1.60. The Morgan fingerprint density at radius 3 is 2.83 bits per heavy atom. The Bertz CT molecular complexity index is 586. The SMILES string of the molecule is CCc1nn(C)cc1Cn1cc(Br)cc1C(=O)O. The zero-order valence-electron chi connectivity index (χ0n) is 10.2. The Morgan fingerprint density at radius 1 is 1.50 bits per heavy atom. The molecule has 2 rings (SSSR count). The molecule has 2 aromatic rings. The van der Waals surface area contributed by atoms with Crippen molar-refractivity contribution in [2.24, 2.45) is 7.05 Å². The number of hydrogen-bond donors (Lipinski definition) is 1. The van der Waals surface area contributed by atoms with Crippen molar-refractivity contribution in [3.63, 3.8) is 0 Å². The van der Waals surface area contributed by atoms with Crippen LogP contribution in [-0.2, 0) is 20.0 Å². The Kier molecular flexibility index (Phi) is 3.56. The van der Waals surface area contributed by atoms with Gasteiger partial charge in [0.1, 0.15) is 5.69 Å². The molecule has 1 N–H and O–H groups in total.